The van der Waals surface area contributed by atoms with E-state index in [2.05, 4.69) is 10.6 Å². The van der Waals surface area contributed by atoms with Crippen LogP contribution in [-0.4, -0.2) is 49.4 Å². The average molecular weight is 269 g/mol. The average Bonchev–Trinajstić information content (AvgIpc) is 2.91. The molecular formula is C14H27N3O2. The summed E-state index contributed by atoms with van der Waals surface area (Å²) < 4.78 is 0. The maximum absolute atomic E-state index is 11.7. The number of carbonyl (C=O) groups excluding carboxylic acids is 2. The lowest BCUT2D eigenvalue weighted by Crippen LogP contribution is -2.34. The number of carbonyl (C=O) groups is 2. The van der Waals surface area contributed by atoms with Crippen molar-refractivity contribution in [2.75, 3.05) is 32.7 Å². The first-order valence-corrected chi connectivity index (χ1v) is 7.42. The Labute approximate surface area is 116 Å². The molecular weight excluding hydrogens is 242 g/mol. The smallest absolute Gasteiger partial charge is 0.224 e. The number of nitrogens with one attached hydrogen (secondary N) is 2. The molecule has 1 unspecified atom stereocenters. The Morgan fingerprint density at radius 3 is 2.58 bits per heavy atom. The number of hydrogen-bond acceptors (Lipinski definition) is 3. The predicted molar refractivity (Wildman–Crippen MR) is 75.8 cm³/mol. The number of amides is 2. The van der Waals surface area contributed by atoms with Crippen molar-refractivity contribution < 1.29 is 9.59 Å². The first kappa shape index (κ1) is 16.0. The molecule has 1 aliphatic rings. The minimum absolute atomic E-state index is 0.0687. The second kappa shape index (κ2) is 8.91. The Hall–Kier alpha value is -1.10. The van der Waals surface area contributed by atoms with Gasteiger partial charge in [0.25, 0.3) is 0 Å². The fourth-order valence-corrected chi connectivity index (χ4v) is 2.43. The van der Waals surface area contributed by atoms with Gasteiger partial charge in [0.05, 0.1) is 0 Å². The molecule has 0 bridgehead atoms. The molecule has 2 N–H and O–H groups in total. The highest BCUT2D eigenvalue weighted by Gasteiger charge is 2.15. The standard InChI is InChI=1S/C14H27N3O2/c1-3-17(4-2)14(19)8-10-16-13(18)6-5-12-7-9-15-11-12/h12,15H,3-11H2,1-2H3,(H,16,18). The summed E-state index contributed by atoms with van der Waals surface area (Å²) in [6.07, 6.45) is 3.10. The number of rotatable bonds is 8. The van der Waals surface area contributed by atoms with E-state index in [4.69, 9.17) is 0 Å². The van der Waals surface area contributed by atoms with Crippen molar-refractivity contribution in [1.29, 1.82) is 0 Å². The van der Waals surface area contributed by atoms with Gasteiger partial charge in [-0.2, -0.15) is 0 Å². The van der Waals surface area contributed by atoms with Crippen molar-refractivity contribution in [2.24, 2.45) is 5.92 Å². The summed E-state index contributed by atoms with van der Waals surface area (Å²) in [5.41, 5.74) is 0. The Balaban J connectivity index is 2.07. The zero-order valence-electron chi connectivity index (χ0n) is 12.2. The normalized spacial score (nSPS) is 18.3. The van der Waals surface area contributed by atoms with Gasteiger partial charge in [-0.15, -0.1) is 0 Å². The van der Waals surface area contributed by atoms with Crippen LogP contribution in [0.15, 0.2) is 0 Å². The minimum Gasteiger partial charge on any atom is -0.356 e. The SMILES string of the molecule is CCN(CC)C(=O)CCNC(=O)CCC1CCNC1. The molecule has 1 aliphatic heterocycles. The predicted octanol–water partition coefficient (Wildman–Crippen LogP) is 0.751. The lowest BCUT2D eigenvalue weighted by atomic mass is 10.0. The Morgan fingerprint density at radius 1 is 1.26 bits per heavy atom. The first-order chi connectivity index (χ1) is 9.17. The van der Waals surface area contributed by atoms with E-state index in [0.717, 1.165) is 32.6 Å². The molecule has 0 saturated carbocycles. The number of nitrogens with zero attached hydrogens (tertiary/aromatic N) is 1. The summed E-state index contributed by atoms with van der Waals surface area (Å²) in [4.78, 5) is 25.1. The Bertz CT molecular complexity index is 284. The summed E-state index contributed by atoms with van der Waals surface area (Å²) in [5.74, 6) is 0.826. The van der Waals surface area contributed by atoms with E-state index < -0.39 is 0 Å². The van der Waals surface area contributed by atoms with Gasteiger partial charge in [-0.05, 0) is 45.7 Å². The van der Waals surface area contributed by atoms with Crippen molar-refractivity contribution >= 4 is 11.8 Å². The molecule has 0 aromatic rings. The molecule has 1 saturated heterocycles. The lowest BCUT2D eigenvalue weighted by Gasteiger charge is -2.18. The number of hydrogen-bond donors (Lipinski definition) is 2. The molecule has 1 fully saturated rings. The monoisotopic (exact) mass is 269 g/mol. The zero-order valence-corrected chi connectivity index (χ0v) is 12.2. The summed E-state index contributed by atoms with van der Waals surface area (Å²) in [6.45, 7) is 7.97. The van der Waals surface area contributed by atoms with Crippen molar-refractivity contribution in [3.63, 3.8) is 0 Å². The molecule has 0 aromatic heterocycles. The van der Waals surface area contributed by atoms with Crippen LogP contribution >= 0.6 is 0 Å². The maximum atomic E-state index is 11.7. The molecule has 19 heavy (non-hydrogen) atoms. The van der Waals surface area contributed by atoms with Crippen LogP contribution in [0.2, 0.25) is 0 Å². The van der Waals surface area contributed by atoms with E-state index in [9.17, 15) is 9.59 Å². The second-order valence-electron chi connectivity index (χ2n) is 5.06. The Kier molecular flexibility index (Phi) is 7.48. The first-order valence-electron chi connectivity index (χ1n) is 7.42. The van der Waals surface area contributed by atoms with Crippen LogP contribution < -0.4 is 10.6 Å². The molecule has 110 valence electrons. The van der Waals surface area contributed by atoms with Gasteiger partial charge in [-0.1, -0.05) is 0 Å². The second-order valence-corrected chi connectivity index (χ2v) is 5.06. The van der Waals surface area contributed by atoms with E-state index in [1.54, 1.807) is 4.90 Å². The van der Waals surface area contributed by atoms with Crippen LogP contribution in [-0.2, 0) is 9.59 Å². The fourth-order valence-electron chi connectivity index (χ4n) is 2.43. The molecule has 0 aromatic carbocycles. The molecule has 5 nitrogen and oxygen atoms in total. The van der Waals surface area contributed by atoms with Crippen molar-refractivity contribution in [1.82, 2.24) is 15.5 Å². The van der Waals surface area contributed by atoms with Crippen LogP contribution in [0.3, 0.4) is 0 Å². The third-order valence-corrected chi connectivity index (χ3v) is 3.72. The maximum Gasteiger partial charge on any atom is 0.224 e. The molecule has 1 atom stereocenters. The van der Waals surface area contributed by atoms with Gasteiger partial charge in [0, 0.05) is 32.5 Å². The third kappa shape index (κ3) is 6.05. The van der Waals surface area contributed by atoms with Crippen molar-refractivity contribution in [3.8, 4) is 0 Å². The largest absolute Gasteiger partial charge is 0.356 e. The van der Waals surface area contributed by atoms with Crippen molar-refractivity contribution in [2.45, 2.75) is 39.5 Å². The van der Waals surface area contributed by atoms with E-state index >= 15 is 0 Å². The van der Waals surface area contributed by atoms with Crippen LogP contribution in [0.25, 0.3) is 0 Å². The summed E-state index contributed by atoms with van der Waals surface area (Å²) >= 11 is 0. The van der Waals surface area contributed by atoms with Gasteiger partial charge < -0.3 is 15.5 Å². The van der Waals surface area contributed by atoms with Gasteiger partial charge in [0.2, 0.25) is 11.8 Å². The molecule has 1 rings (SSSR count). The van der Waals surface area contributed by atoms with Gasteiger partial charge in [-0.25, -0.2) is 0 Å². The highest BCUT2D eigenvalue weighted by molar-refractivity contribution is 5.79. The summed E-state index contributed by atoms with van der Waals surface area (Å²) in [7, 11) is 0. The van der Waals surface area contributed by atoms with E-state index in [1.807, 2.05) is 13.8 Å². The van der Waals surface area contributed by atoms with Gasteiger partial charge in [0.1, 0.15) is 0 Å². The van der Waals surface area contributed by atoms with Gasteiger partial charge >= 0.3 is 0 Å². The third-order valence-electron chi connectivity index (χ3n) is 3.72. The van der Waals surface area contributed by atoms with Crippen LogP contribution in [0.1, 0.15) is 39.5 Å². The zero-order chi connectivity index (χ0) is 14.1. The lowest BCUT2D eigenvalue weighted by molar-refractivity contribution is -0.130. The topological polar surface area (TPSA) is 61.4 Å². The molecule has 2 amide bonds. The highest BCUT2D eigenvalue weighted by atomic mass is 16.2. The summed E-state index contributed by atoms with van der Waals surface area (Å²) in [6, 6.07) is 0. The van der Waals surface area contributed by atoms with Crippen LogP contribution in [0.4, 0.5) is 0 Å². The minimum atomic E-state index is 0.0687. The summed E-state index contributed by atoms with van der Waals surface area (Å²) in [5, 5.41) is 6.13. The molecule has 5 heteroatoms. The van der Waals surface area contributed by atoms with E-state index in [1.165, 1.54) is 6.42 Å². The van der Waals surface area contributed by atoms with E-state index in [-0.39, 0.29) is 11.8 Å². The van der Waals surface area contributed by atoms with E-state index in [0.29, 0.717) is 25.3 Å². The molecule has 0 aliphatic carbocycles. The fraction of sp³-hybridized carbons (Fsp3) is 0.857. The van der Waals surface area contributed by atoms with Crippen LogP contribution in [0.5, 0.6) is 0 Å². The quantitative estimate of drug-likeness (QED) is 0.683. The molecule has 0 spiro atoms. The van der Waals surface area contributed by atoms with Crippen LogP contribution in [0, 0.1) is 5.92 Å². The van der Waals surface area contributed by atoms with Gasteiger partial charge in [-0.3, -0.25) is 9.59 Å². The molecule has 0 radical (unpaired) electrons. The highest BCUT2D eigenvalue weighted by Crippen LogP contribution is 2.13. The Morgan fingerprint density at radius 2 is 2.00 bits per heavy atom. The van der Waals surface area contributed by atoms with Crippen molar-refractivity contribution in [3.05, 3.63) is 0 Å². The molecule has 1 heterocycles. The van der Waals surface area contributed by atoms with Gasteiger partial charge in [0.15, 0.2) is 0 Å².